The Morgan fingerprint density at radius 1 is 1.31 bits per heavy atom. The van der Waals surface area contributed by atoms with E-state index in [1.54, 1.807) is 37.5 Å². The molecule has 32 heavy (non-hydrogen) atoms. The van der Waals surface area contributed by atoms with Gasteiger partial charge in [-0.3, -0.25) is 4.79 Å². The van der Waals surface area contributed by atoms with Crippen LogP contribution in [-0.2, 0) is 0 Å². The molecule has 7 nitrogen and oxygen atoms in total. The number of halogens is 4. The van der Waals surface area contributed by atoms with Crippen LogP contribution in [0.3, 0.4) is 0 Å². The molecular formula is C21H23BrF3N3O4. The van der Waals surface area contributed by atoms with E-state index < -0.39 is 18.0 Å². The fraction of sp³-hybridized carbons (Fsp3) is 0.429. The number of hydrogen-bond donors (Lipinski definition) is 2. The average molecular weight is 518 g/mol. The molecule has 174 valence electrons. The van der Waals surface area contributed by atoms with E-state index in [2.05, 4.69) is 26.0 Å². The number of fused-ring (bicyclic) bond motifs is 1. The zero-order chi connectivity index (χ0) is 23.8. The molecule has 2 heterocycles. The molecule has 11 heteroatoms. The molecule has 0 radical (unpaired) electrons. The van der Waals surface area contributed by atoms with E-state index in [1.807, 2.05) is 0 Å². The maximum absolute atomic E-state index is 12.6. The normalized spacial score (nSPS) is 16.3. The number of alkyl halides is 3. The monoisotopic (exact) mass is 517 g/mol. The first kappa shape index (κ1) is 24.0. The number of carbonyl (C=O) groups is 2. The minimum atomic E-state index is -4.82. The molecule has 0 saturated carbocycles. The summed E-state index contributed by atoms with van der Waals surface area (Å²) in [4.78, 5) is 25.4. The van der Waals surface area contributed by atoms with E-state index in [9.17, 15) is 27.9 Å². The second-order valence-electron chi connectivity index (χ2n) is 8.44. The summed E-state index contributed by atoms with van der Waals surface area (Å²) in [6.45, 7) is 5.94. The molecule has 1 unspecified atom stereocenters. The summed E-state index contributed by atoms with van der Waals surface area (Å²) in [5.41, 5.74) is 0.710. The second-order valence-corrected chi connectivity index (χ2v) is 9.19. The smallest absolute Gasteiger partial charge is 0.465 e. The lowest BCUT2D eigenvalue weighted by Crippen LogP contribution is -2.47. The molecule has 0 bridgehead atoms. The number of rotatable bonds is 5. The van der Waals surface area contributed by atoms with E-state index in [4.69, 9.17) is 0 Å². The summed E-state index contributed by atoms with van der Waals surface area (Å²) in [6.07, 6.45) is -5.42. The molecular weight excluding hydrogens is 495 g/mol. The van der Waals surface area contributed by atoms with Crippen LogP contribution in [0.2, 0.25) is 0 Å². The SMILES string of the molecule is CC(C)(C)N(CCC1CNC(=O)c2cc(-c3cccc(OC(F)(F)F)c3)c(Br)n21)C(=O)O. The lowest BCUT2D eigenvalue weighted by Gasteiger charge is -2.35. The molecule has 0 spiro atoms. The minimum absolute atomic E-state index is 0.244. The predicted molar refractivity (Wildman–Crippen MR) is 115 cm³/mol. The van der Waals surface area contributed by atoms with Crippen LogP contribution in [-0.4, -0.2) is 51.6 Å². The van der Waals surface area contributed by atoms with Gasteiger partial charge in [0.05, 0.1) is 10.6 Å². The minimum Gasteiger partial charge on any atom is -0.465 e. The Morgan fingerprint density at radius 2 is 2.00 bits per heavy atom. The Labute approximate surface area is 191 Å². The van der Waals surface area contributed by atoms with Gasteiger partial charge in [0, 0.05) is 24.2 Å². The Balaban J connectivity index is 1.93. The summed E-state index contributed by atoms with van der Waals surface area (Å²) >= 11 is 3.49. The third-order valence-electron chi connectivity index (χ3n) is 5.18. The molecule has 1 aromatic carbocycles. The molecule has 2 amide bonds. The summed E-state index contributed by atoms with van der Waals surface area (Å²) < 4.78 is 44.1. The topological polar surface area (TPSA) is 83.8 Å². The van der Waals surface area contributed by atoms with Crippen molar-refractivity contribution in [2.75, 3.05) is 13.1 Å². The van der Waals surface area contributed by atoms with Crippen molar-refractivity contribution in [2.45, 2.75) is 45.1 Å². The third kappa shape index (κ3) is 5.20. The van der Waals surface area contributed by atoms with Crippen LogP contribution in [0, 0.1) is 0 Å². The van der Waals surface area contributed by atoms with Gasteiger partial charge in [-0.2, -0.15) is 0 Å². The zero-order valence-electron chi connectivity index (χ0n) is 17.7. The average Bonchev–Trinajstić information content (AvgIpc) is 3.00. The Bertz CT molecular complexity index is 1030. The molecule has 1 aliphatic rings. The van der Waals surface area contributed by atoms with E-state index in [0.717, 1.165) is 0 Å². The van der Waals surface area contributed by atoms with Gasteiger partial charge in [0.25, 0.3) is 5.91 Å². The number of aromatic nitrogens is 1. The maximum Gasteiger partial charge on any atom is 0.573 e. The van der Waals surface area contributed by atoms with Gasteiger partial charge in [-0.25, -0.2) is 4.79 Å². The lowest BCUT2D eigenvalue weighted by atomic mass is 10.0. The highest BCUT2D eigenvalue weighted by atomic mass is 79.9. The van der Waals surface area contributed by atoms with Crippen molar-refractivity contribution < 1.29 is 32.6 Å². The molecule has 0 fully saturated rings. The van der Waals surface area contributed by atoms with E-state index in [-0.39, 0.29) is 24.2 Å². The number of ether oxygens (including phenoxy) is 1. The van der Waals surface area contributed by atoms with Gasteiger partial charge >= 0.3 is 12.5 Å². The first-order valence-electron chi connectivity index (χ1n) is 9.83. The number of benzene rings is 1. The van der Waals surface area contributed by atoms with Crippen LogP contribution < -0.4 is 10.1 Å². The van der Waals surface area contributed by atoms with Crippen molar-refractivity contribution in [3.05, 3.63) is 40.6 Å². The Morgan fingerprint density at radius 3 is 2.59 bits per heavy atom. The lowest BCUT2D eigenvalue weighted by molar-refractivity contribution is -0.274. The summed E-state index contributed by atoms with van der Waals surface area (Å²) in [5.74, 6) is -0.684. The Kier molecular flexibility index (Phi) is 6.50. The van der Waals surface area contributed by atoms with Gasteiger partial charge in [-0.05, 0) is 66.9 Å². The van der Waals surface area contributed by atoms with Crippen LogP contribution >= 0.6 is 15.9 Å². The summed E-state index contributed by atoms with van der Waals surface area (Å²) in [5, 5.41) is 12.3. The van der Waals surface area contributed by atoms with Crippen molar-refractivity contribution in [2.24, 2.45) is 0 Å². The van der Waals surface area contributed by atoms with Crippen molar-refractivity contribution in [1.29, 1.82) is 0 Å². The van der Waals surface area contributed by atoms with Gasteiger partial charge in [0.2, 0.25) is 0 Å². The van der Waals surface area contributed by atoms with Crippen molar-refractivity contribution >= 4 is 27.9 Å². The molecule has 1 aliphatic heterocycles. The number of nitrogens with zero attached hydrogens (tertiary/aromatic N) is 2. The second kappa shape index (κ2) is 8.68. The zero-order valence-corrected chi connectivity index (χ0v) is 19.2. The first-order valence-corrected chi connectivity index (χ1v) is 10.6. The van der Waals surface area contributed by atoms with Crippen molar-refractivity contribution in [1.82, 2.24) is 14.8 Å². The predicted octanol–water partition coefficient (Wildman–Crippen LogP) is 5.27. The van der Waals surface area contributed by atoms with Crippen LogP contribution in [0.4, 0.5) is 18.0 Å². The standard InChI is InChI=1S/C21H23BrF3N3O4/c1-20(2,3)27(19(30)31)8-7-13-11-26-18(29)16-10-15(17(22)28(13)16)12-5-4-6-14(9-12)32-21(23,24)25/h4-6,9-10,13H,7-8,11H2,1-3H3,(H,26,29)(H,30,31). The molecule has 0 saturated heterocycles. The van der Waals surface area contributed by atoms with E-state index >= 15 is 0 Å². The fourth-order valence-electron chi connectivity index (χ4n) is 3.72. The number of nitrogens with one attached hydrogen (secondary N) is 1. The molecule has 2 N–H and O–H groups in total. The highest BCUT2D eigenvalue weighted by molar-refractivity contribution is 9.10. The summed E-state index contributed by atoms with van der Waals surface area (Å²) in [7, 11) is 0. The number of carbonyl (C=O) groups excluding carboxylic acids is 1. The van der Waals surface area contributed by atoms with Gasteiger partial charge in [0.15, 0.2) is 0 Å². The summed E-state index contributed by atoms with van der Waals surface area (Å²) in [6, 6.07) is 6.85. The van der Waals surface area contributed by atoms with E-state index in [1.165, 1.54) is 23.1 Å². The van der Waals surface area contributed by atoms with Crippen LogP contribution in [0.25, 0.3) is 11.1 Å². The highest BCUT2D eigenvalue weighted by Gasteiger charge is 2.33. The van der Waals surface area contributed by atoms with Gasteiger partial charge < -0.3 is 24.6 Å². The molecule has 1 atom stereocenters. The van der Waals surface area contributed by atoms with Crippen LogP contribution in [0.1, 0.15) is 43.7 Å². The van der Waals surface area contributed by atoms with Gasteiger partial charge in [-0.15, -0.1) is 13.2 Å². The molecule has 1 aromatic heterocycles. The molecule has 3 rings (SSSR count). The van der Waals surface area contributed by atoms with Gasteiger partial charge in [-0.1, -0.05) is 12.1 Å². The Hall–Kier alpha value is -2.69. The number of hydrogen-bond acceptors (Lipinski definition) is 3. The quantitative estimate of drug-likeness (QED) is 0.565. The largest absolute Gasteiger partial charge is 0.573 e. The van der Waals surface area contributed by atoms with Crippen LogP contribution in [0.15, 0.2) is 34.9 Å². The van der Waals surface area contributed by atoms with Crippen LogP contribution in [0.5, 0.6) is 5.75 Å². The van der Waals surface area contributed by atoms with Crippen molar-refractivity contribution in [3.63, 3.8) is 0 Å². The van der Waals surface area contributed by atoms with E-state index in [0.29, 0.717) is 34.4 Å². The number of carboxylic acid groups (broad SMARTS) is 1. The number of amides is 2. The fourth-order valence-corrected chi connectivity index (χ4v) is 4.54. The highest BCUT2D eigenvalue weighted by Crippen LogP contribution is 2.38. The van der Waals surface area contributed by atoms with Crippen molar-refractivity contribution in [3.8, 4) is 16.9 Å². The first-order chi connectivity index (χ1) is 14.8. The van der Waals surface area contributed by atoms with Gasteiger partial charge in [0.1, 0.15) is 11.4 Å². The maximum atomic E-state index is 12.6. The molecule has 2 aromatic rings. The molecule has 0 aliphatic carbocycles. The third-order valence-corrected chi connectivity index (χ3v) is 5.98.